The first-order valence-electron chi connectivity index (χ1n) is 9.53. The van der Waals surface area contributed by atoms with Crippen molar-refractivity contribution in [1.82, 2.24) is 0 Å². The Balaban J connectivity index is 1.72. The molecular weight excluding hydrogens is 329 g/mol. The van der Waals surface area contributed by atoms with Crippen LogP contribution >= 0.6 is 0 Å². The molecule has 2 aliphatic heterocycles. The first kappa shape index (κ1) is 17.1. The molecule has 26 heavy (non-hydrogen) atoms. The summed E-state index contributed by atoms with van der Waals surface area (Å²) in [5.74, 6) is 1.54. The van der Waals surface area contributed by atoms with Gasteiger partial charge in [0.2, 0.25) is 6.79 Å². The van der Waals surface area contributed by atoms with Crippen LogP contribution in [0.25, 0.3) is 0 Å². The van der Waals surface area contributed by atoms with Gasteiger partial charge in [-0.2, -0.15) is 0 Å². The monoisotopic (exact) mass is 354 g/mol. The maximum atomic E-state index is 14.2. The number of ether oxygens (including phenoxy) is 2. The molecule has 0 saturated heterocycles. The number of hydrogen-bond acceptors (Lipinski definition) is 2. The van der Waals surface area contributed by atoms with Crippen LogP contribution in [0.15, 0.2) is 36.4 Å². The molecule has 0 N–H and O–H groups in total. The topological polar surface area (TPSA) is 21.5 Å². The van der Waals surface area contributed by atoms with Crippen LogP contribution in [0, 0.1) is 5.82 Å². The Kier molecular flexibility index (Phi) is 4.91. The SMILES string of the molecule is CCCCCC1=[N+](Cc2ccccc2F)CCc2cc3c(cc21)OCO3. The van der Waals surface area contributed by atoms with Crippen LogP contribution < -0.4 is 9.47 Å². The van der Waals surface area contributed by atoms with Gasteiger partial charge in [-0.15, -0.1) is 0 Å². The quantitative estimate of drug-likeness (QED) is 0.554. The third kappa shape index (κ3) is 3.33. The standard InChI is InChI=1S/C22H25FNO2/c1-2-3-4-9-20-18-13-22-21(25-15-26-22)12-16(18)10-11-24(20)14-17-7-5-6-8-19(17)23/h5-8,12-13H,2-4,9-11,14-15H2,1H3/q+1. The highest BCUT2D eigenvalue weighted by atomic mass is 19.1. The summed E-state index contributed by atoms with van der Waals surface area (Å²) in [6.07, 6.45) is 5.49. The molecule has 4 heteroatoms. The Bertz CT molecular complexity index is 844. The maximum Gasteiger partial charge on any atom is 0.231 e. The minimum absolute atomic E-state index is 0.128. The van der Waals surface area contributed by atoms with Crippen LogP contribution in [0.5, 0.6) is 11.5 Å². The number of unbranched alkanes of at least 4 members (excludes halogenated alkanes) is 2. The highest BCUT2D eigenvalue weighted by Crippen LogP contribution is 2.37. The van der Waals surface area contributed by atoms with Gasteiger partial charge in [-0.05, 0) is 36.2 Å². The molecule has 0 unspecified atom stereocenters. The Morgan fingerprint density at radius 2 is 1.88 bits per heavy atom. The summed E-state index contributed by atoms with van der Waals surface area (Å²) in [6, 6.07) is 11.3. The van der Waals surface area contributed by atoms with E-state index in [1.165, 1.54) is 29.7 Å². The van der Waals surface area contributed by atoms with E-state index in [-0.39, 0.29) is 5.82 Å². The predicted octanol–water partition coefficient (Wildman–Crippen LogP) is 4.69. The fourth-order valence-electron chi connectivity index (χ4n) is 3.86. The number of rotatable bonds is 6. The van der Waals surface area contributed by atoms with Gasteiger partial charge in [0.1, 0.15) is 12.4 Å². The molecule has 4 rings (SSSR count). The van der Waals surface area contributed by atoms with Gasteiger partial charge >= 0.3 is 0 Å². The zero-order valence-corrected chi connectivity index (χ0v) is 15.3. The molecule has 136 valence electrons. The molecule has 0 atom stereocenters. The van der Waals surface area contributed by atoms with Crippen molar-refractivity contribution in [2.75, 3.05) is 13.3 Å². The third-order valence-electron chi connectivity index (χ3n) is 5.28. The lowest BCUT2D eigenvalue weighted by atomic mass is 9.92. The summed E-state index contributed by atoms with van der Waals surface area (Å²) < 4.78 is 27.7. The zero-order chi connectivity index (χ0) is 17.9. The lowest BCUT2D eigenvalue weighted by Gasteiger charge is -2.19. The lowest BCUT2D eigenvalue weighted by molar-refractivity contribution is -0.546. The Labute approximate surface area is 154 Å². The first-order chi connectivity index (χ1) is 12.8. The van der Waals surface area contributed by atoms with Crippen molar-refractivity contribution in [3.8, 4) is 11.5 Å². The van der Waals surface area contributed by atoms with Gasteiger partial charge in [0, 0.05) is 18.4 Å². The van der Waals surface area contributed by atoms with Gasteiger partial charge in [-0.1, -0.05) is 31.9 Å². The third-order valence-corrected chi connectivity index (χ3v) is 5.28. The van der Waals surface area contributed by atoms with Gasteiger partial charge < -0.3 is 9.47 Å². The van der Waals surface area contributed by atoms with Crippen molar-refractivity contribution in [2.24, 2.45) is 0 Å². The average molecular weight is 354 g/mol. The van der Waals surface area contributed by atoms with E-state index in [4.69, 9.17) is 9.47 Å². The summed E-state index contributed by atoms with van der Waals surface area (Å²) in [6.45, 7) is 4.03. The molecule has 2 aliphatic rings. The van der Waals surface area contributed by atoms with Crippen molar-refractivity contribution < 1.29 is 18.4 Å². The van der Waals surface area contributed by atoms with Crippen LogP contribution in [0.1, 0.15) is 49.3 Å². The van der Waals surface area contributed by atoms with E-state index >= 15 is 0 Å². The average Bonchev–Trinajstić information content (AvgIpc) is 3.11. The van der Waals surface area contributed by atoms with E-state index < -0.39 is 0 Å². The second kappa shape index (κ2) is 7.48. The second-order valence-electron chi connectivity index (χ2n) is 7.03. The number of hydrogen-bond donors (Lipinski definition) is 0. The highest BCUT2D eigenvalue weighted by molar-refractivity contribution is 5.99. The van der Waals surface area contributed by atoms with Crippen LogP contribution in [0.3, 0.4) is 0 Å². The summed E-state index contributed by atoms with van der Waals surface area (Å²) in [4.78, 5) is 0. The van der Waals surface area contributed by atoms with Crippen molar-refractivity contribution >= 4 is 5.71 Å². The Hall–Kier alpha value is -2.36. The van der Waals surface area contributed by atoms with Gasteiger partial charge in [0.25, 0.3) is 0 Å². The molecule has 0 aromatic heterocycles. The Morgan fingerprint density at radius 1 is 1.08 bits per heavy atom. The highest BCUT2D eigenvalue weighted by Gasteiger charge is 2.29. The molecule has 0 fully saturated rings. The fourth-order valence-corrected chi connectivity index (χ4v) is 3.86. The van der Waals surface area contributed by atoms with Crippen molar-refractivity contribution in [1.29, 1.82) is 0 Å². The van der Waals surface area contributed by atoms with Gasteiger partial charge in [0.15, 0.2) is 23.8 Å². The molecule has 0 amide bonds. The largest absolute Gasteiger partial charge is 0.454 e. The maximum absolute atomic E-state index is 14.2. The smallest absolute Gasteiger partial charge is 0.231 e. The molecule has 2 aromatic rings. The van der Waals surface area contributed by atoms with E-state index in [1.807, 2.05) is 12.1 Å². The van der Waals surface area contributed by atoms with Crippen molar-refractivity contribution in [3.63, 3.8) is 0 Å². The normalized spacial score (nSPS) is 15.3. The fraction of sp³-hybridized carbons (Fsp3) is 0.409. The number of nitrogens with zero attached hydrogens (tertiary/aromatic N) is 1. The van der Waals surface area contributed by atoms with Gasteiger partial charge in [-0.3, -0.25) is 0 Å². The number of halogens is 1. The molecule has 2 heterocycles. The molecule has 0 bridgehead atoms. The van der Waals surface area contributed by atoms with Crippen LogP contribution in [0.4, 0.5) is 4.39 Å². The Morgan fingerprint density at radius 3 is 2.69 bits per heavy atom. The minimum Gasteiger partial charge on any atom is -0.454 e. The summed E-state index contributed by atoms with van der Waals surface area (Å²) in [5.41, 5.74) is 4.62. The predicted molar refractivity (Wildman–Crippen MR) is 99.8 cm³/mol. The van der Waals surface area contributed by atoms with Crippen molar-refractivity contribution in [3.05, 3.63) is 58.9 Å². The molecule has 0 saturated carbocycles. The molecule has 3 nitrogen and oxygen atoms in total. The van der Waals surface area contributed by atoms with Gasteiger partial charge in [-0.25, -0.2) is 8.97 Å². The lowest BCUT2D eigenvalue weighted by Crippen LogP contribution is -2.30. The zero-order valence-electron chi connectivity index (χ0n) is 15.3. The van der Waals surface area contributed by atoms with Crippen LogP contribution in [0.2, 0.25) is 0 Å². The van der Waals surface area contributed by atoms with Crippen LogP contribution in [-0.4, -0.2) is 23.6 Å². The number of benzene rings is 2. The second-order valence-corrected chi connectivity index (χ2v) is 7.03. The first-order valence-corrected chi connectivity index (χ1v) is 9.53. The molecular formula is C22H25FNO2+. The van der Waals surface area contributed by atoms with E-state index in [0.717, 1.165) is 42.9 Å². The minimum atomic E-state index is -0.128. The molecule has 0 aliphatic carbocycles. The summed E-state index contributed by atoms with van der Waals surface area (Å²) in [7, 11) is 0. The van der Waals surface area contributed by atoms with Crippen LogP contribution in [-0.2, 0) is 13.0 Å². The van der Waals surface area contributed by atoms with Crippen molar-refractivity contribution in [2.45, 2.75) is 45.6 Å². The molecule has 0 spiro atoms. The summed E-state index contributed by atoms with van der Waals surface area (Å²) in [5, 5.41) is 0. The summed E-state index contributed by atoms with van der Waals surface area (Å²) >= 11 is 0. The number of fused-ring (bicyclic) bond motifs is 2. The van der Waals surface area contributed by atoms with E-state index in [1.54, 1.807) is 12.1 Å². The van der Waals surface area contributed by atoms with E-state index in [2.05, 4.69) is 23.6 Å². The van der Waals surface area contributed by atoms with E-state index in [0.29, 0.717) is 13.3 Å². The molecule has 0 radical (unpaired) electrons. The van der Waals surface area contributed by atoms with Gasteiger partial charge in [0.05, 0.1) is 5.56 Å². The molecule has 2 aromatic carbocycles. The van der Waals surface area contributed by atoms with E-state index in [9.17, 15) is 4.39 Å².